The van der Waals surface area contributed by atoms with E-state index in [4.69, 9.17) is 11.6 Å². The second kappa shape index (κ2) is 7.79. The number of hydrogen-bond acceptors (Lipinski definition) is 4. The van der Waals surface area contributed by atoms with Crippen molar-refractivity contribution in [1.82, 2.24) is 14.9 Å². The predicted molar refractivity (Wildman–Crippen MR) is 84.4 cm³/mol. The van der Waals surface area contributed by atoms with Crippen LogP contribution >= 0.6 is 11.6 Å². The van der Waals surface area contributed by atoms with Crippen LogP contribution in [0.2, 0.25) is 5.15 Å². The SMILES string of the molecule is CCc1c(Cl)ncnc1NCC(C)CN1CCCCC1. The molecule has 1 atom stereocenters. The Morgan fingerprint density at radius 2 is 2.05 bits per heavy atom. The summed E-state index contributed by atoms with van der Waals surface area (Å²) in [4.78, 5) is 10.9. The van der Waals surface area contributed by atoms with Crippen LogP contribution in [0.5, 0.6) is 0 Å². The number of anilines is 1. The Morgan fingerprint density at radius 1 is 1.30 bits per heavy atom. The van der Waals surface area contributed by atoms with E-state index in [1.165, 1.54) is 38.7 Å². The van der Waals surface area contributed by atoms with Crippen LogP contribution in [0, 0.1) is 5.92 Å². The van der Waals surface area contributed by atoms with Crippen LogP contribution in [0.15, 0.2) is 6.33 Å². The quantitative estimate of drug-likeness (QED) is 0.818. The maximum atomic E-state index is 6.10. The fourth-order valence-electron chi connectivity index (χ4n) is 2.77. The van der Waals surface area contributed by atoms with Crippen molar-refractivity contribution in [3.05, 3.63) is 17.0 Å². The molecule has 0 spiro atoms. The lowest BCUT2D eigenvalue weighted by Gasteiger charge is -2.29. The lowest BCUT2D eigenvalue weighted by molar-refractivity contribution is 0.204. The third-order valence-electron chi connectivity index (χ3n) is 3.88. The molecule has 5 heteroatoms. The molecule has 1 fully saturated rings. The topological polar surface area (TPSA) is 41.1 Å². The summed E-state index contributed by atoms with van der Waals surface area (Å²) in [5.41, 5.74) is 1.01. The zero-order valence-electron chi connectivity index (χ0n) is 12.5. The number of piperidine rings is 1. The van der Waals surface area contributed by atoms with E-state index in [-0.39, 0.29) is 0 Å². The van der Waals surface area contributed by atoms with Gasteiger partial charge in [-0.15, -0.1) is 0 Å². The summed E-state index contributed by atoms with van der Waals surface area (Å²) in [5.74, 6) is 1.49. The van der Waals surface area contributed by atoms with Gasteiger partial charge in [0.25, 0.3) is 0 Å². The third-order valence-corrected chi connectivity index (χ3v) is 4.21. The number of nitrogens with zero attached hydrogens (tertiary/aromatic N) is 3. The molecule has 2 rings (SSSR count). The van der Waals surface area contributed by atoms with Gasteiger partial charge < -0.3 is 10.2 Å². The molecule has 0 amide bonds. The summed E-state index contributed by atoms with van der Waals surface area (Å²) in [6, 6.07) is 0. The minimum absolute atomic E-state index is 0.564. The molecule has 1 aromatic rings. The van der Waals surface area contributed by atoms with Gasteiger partial charge in [0.15, 0.2) is 0 Å². The zero-order valence-corrected chi connectivity index (χ0v) is 13.3. The van der Waals surface area contributed by atoms with Crippen LogP contribution in [0.3, 0.4) is 0 Å². The second-order valence-corrected chi connectivity index (χ2v) is 6.05. The molecular weight excluding hydrogens is 272 g/mol. The van der Waals surface area contributed by atoms with E-state index < -0.39 is 0 Å². The van der Waals surface area contributed by atoms with E-state index in [0.29, 0.717) is 11.1 Å². The average molecular weight is 297 g/mol. The highest BCUT2D eigenvalue weighted by Gasteiger charge is 2.14. The molecule has 0 saturated carbocycles. The molecule has 1 unspecified atom stereocenters. The minimum Gasteiger partial charge on any atom is -0.369 e. The van der Waals surface area contributed by atoms with Gasteiger partial charge in [-0.3, -0.25) is 0 Å². The molecule has 0 aromatic carbocycles. The van der Waals surface area contributed by atoms with Crippen LogP contribution in [-0.2, 0) is 6.42 Å². The van der Waals surface area contributed by atoms with Crippen molar-refractivity contribution >= 4 is 17.4 Å². The number of halogens is 1. The maximum Gasteiger partial charge on any atom is 0.137 e. The summed E-state index contributed by atoms with van der Waals surface area (Å²) in [7, 11) is 0. The van der Waals surface area contributed by atoms with E-state index >= 15 is 0 Å². The molecule has 20 heavy (non-hydrogen) atoms. The summed E-state index contributed by atoms with van der Waals surface area (Å²) in [5, 5.41) is 4.00. The summed E-state index contributed by atoms with van der Waals surface area (Å²) in [6.07, 6.45) is 6.47. The lowest BCUT2D eigenvalue weighted by atomic mass is 10.1. The fraction of sp³-hybridized carbons (Fsp3) is 0.733. The highest BCUT2D eigenvalue weighted by Crippen LogP contribution is 2.20. The normalized spacial score (nSPS) is 17.9. The third kappa shape index (κ3) is 4.32. The molecule has 1 saturated heterocycles. The van der Waals surface area contributed by atoms with Crippen molar-refractivity contribution in [1.29, 1.82) is 0 Å². The van der Waals surface area contributed by atoms with Crippen molar-refractivity contribution in [2.24, 2.45) is 5.92 Å². The molecule has 0 aliphatic carbocycles. The van der Waals surface area contributed by atoms with Gasteiger partial charge in [0.2, 0.25) is 0 Å². The Morgan fingerprint density at radius 3 is 2.75 bits per heavy atom. The van der Waals surface area contributed by atoms with Gasteiger partial charge in [-0.05, 0) is 38.3 Å². The van der Waals surface area contributed by atoms with Crippen LogP contribution in [0.25, 0.3) is 0 Å². The molecule has 112 valence electrons. The van der Waals surface area contributed by atoms with Gasteiger partial charge in [-0.2, -0.15) is 0 Å². The number of rotatable bonds is 6. The van der Waals surface area contributed by atoms with E-state index in [1.54, 1.807) is 0 Å². The van der Waals surface area contributed by atoms with Gasteiger partial charge in [0, 0.05) is 18.7 Å². The van der Waals surface area contributed by atoms with E-state index in [1.807, 2.05) is 0 Å². The highest BCUT2D eigenvalue weighted by molar-refractivity contribution is 6.30. The second-order valence-electron chi connectivity index (χ2n) is 5.69. The van der Waals surface area contributed by atoms with E-state index in [0.717, 1.165) is 30.9 Å². The molecule has 1 aromatic heterocycles. The van der Waals surface area contributed by atoms with Crippen molar-refractivity contribution in [2.75, 3.05) is 31.5 Å². The Hall–Kier alpha value is -0.870. The molecule has 1 N–H and O–H groups in total. The highest BCUT2D eigenvalue weighted by atomic mass is 35.5. The van der Waals surface area contributed by atoms with Crippen molar-refractivity contribution in [2.45, 2.75) is 39.5 Å². The number of hydrogen-bond donors (Lipinski definition) is 1. The first-order valence-corrected chi connectivity index (χ1v) is 8.04. The smallest absolute Gasteiger partial charge is 0.137 e. The minimum atomic E-state index is 0.564. The van der Waals surface area contributed by atoms with E-state index in [2.05, 4.69) is 34.0 Å². The van der Waals surface area contributed by atoms with Crippen LogP contribution in [0.4, 0.5) is 5.82 Å². The fourth-order valence-corrected chi connectivity index (χ4v) is 3.04. The lowest BCUT2D eigenvalue weighted by Crippen LogP contribution is -2.35. The zero-order chi connectivity index (χ0) is 14.4. The van der Waals surface area contributed by atoms with Gasteiger partial charge in [0.1, 0.15) is 17.3 Å². The average Bonchev–Trinajstić information content (AvgIpc) is 2.46. The summed E-state index contributed by atoms with van der Waals surface area (Å²) in [6.45, 7) is 8.96. The Balaban J connectivity index is 1.83. The first-order valence-electron chi connectivity index (χ1n) is 7.66. The van der Waals surface area contributed by atoms with Gasteiger partial charge in [-0.25, -0.2) is 9.97 Å². The predicted octanol–water partition coefficient (Wildman–Crippen LogP) is 3.23. The molecular formula is C15H25ClN4. The largest absolute Gasteiger partial charge is 0.369 e. The van der Waals surface area contributed by atoms with Crippen molar-refractivity contribution < 1.29 is 0 Å². The van der Waals surface area contributed by atoms with Gasteiger partial charge in [-0.1, -0.05) is 31.9 Å². The van der Waals surface area contributed by atoms with Crippen LogP contribution in [-0.4, -0.2) is 41.0 Å². The first kappa shape index (κ1) is 15.5. The standard InChI is InChI=1S/C15H25ClN4/c1-3-13-14(16)18-11-19-15(13)17-9-12(2)10-20-7-5-4-6-8-20/h11-12H,3-10H2,1-2H3,(H,17,18,19). The Kier molecular flexibility index (Phi) is 6.05. The van der Waals surface area contributed by atoms with Gasteiger partial charge >= 0.3 is 0 Å². The van der Waals surface area contributed by atoms with Crippen LogP contribution in [0.1, 0.15) is 38.7 Å². The molecule has 0 radical (unpaired) electrons. The number of aromatic nitrogens is 2. The Bertz CT molecular complexity index is 418. The number of nitrogens with one attached hydrogen (secondary N) is 1. The monoisotopic (exact) mass is 296 g/mol. The maximum absolute atomic E-state index is 6.10. The molecule has 4 nitrogen and oxygen atoms in total. The molecule has 0 bridgehead atoms. The number of likely N-dealkylation sites (tertiary alicyclic amines) is 1. The first-order chi connectivity index (χ1) is 9.70. The molecule has 1 aliphatic heterocycles. The Labute approximate surface area is 126 Å². The molecule has 2 heterocycles. The summed E-state index contributed by atoms with van der Waals surface area (Å²) < 4.78 is 0. The van der Waals surface area contributed by atoms with E-state index in [9.17, 15) is 0 Å². The molecule has 1 aliphatic rings. The van der Waals surface area contributed by atoms with Crippen molar-refractivity contribution in [3.63, 3.8) is 0 Å². The van der Waals surface area contributed by atoms with Crippen molar-refractivity contribution in [3.8, 4) is 0 Å². The van der Waals surface area contributed by atoms with Crippen LogP contribution < -0.4 is 5.32 Å². The van der Waals surface area contributed by atoms with Gasteiger partial charge in [0.05, 0.1) is 0 Å². The summed E-state index contributed by atoms with van der Waals surface area (Å²) >= 11 is 6.10.